The molecule has 196 valence electrons. The van der Waals surface area contributed by atoms with Crippen LogP contribution in [-0.4, -0.2) is 83.0 Å². The molecule has 1 aliphatic rings. The minimum absolute atomic E-state index is 0.0943. The fourth-order valence-electron chi connectivity index (χ4n) is 4.06. The third-order valence-corrected chi connectivity index (χ3v) is 6.95. The molecule has 2 aromatic heterocycles. The number of rotatable bonds is 10. The smallest absolute Gasteiger partial charge is 0.226 e. The molecule has 0 radical (unpaired) electrons. The highest BCUT2D eigenvalue weighted by molar-refractivity contribution is 7.98. The van der Waals surface area contributed by atoms with Crippen LogP contribution in [0.2, 0.25) is 5.02 Å². The minimum atomic E-state index is -0.437. The maximum atomic E-state index is 14.4. The first-order valence-corrected chi connectivity index (χ1v) is 13.6. The lowest BCUT2D eigenvalue weighted by atomic mass is 10.1. The molecule has 1 aliphatic heterocycles. The van der Waals surface area contributed by atoms with Crippen LogP contribution in [0.3, 0.4) is 0 Å². The summed E-state index contributed by atoms with van der Waals surface area (Å²) in [5.41, 5.74) is 7.59. The summed E-state index contributed by atoms with van der Waals surface area (Å²) in [6.07, 6.45) is 3.88. The lowest BCUT2D eigenvalue weighted by Crippen LogP contribution is -2.48. The van der Waals surface area contributed by atoms with Crippen molar-refractivity contribution < 1.29 is 9.18 Å². The predicted octanol–water partition coefficient (Wildman–Crippen LogP) is 3.70. The third kappa shape index (κ3) is 7.59. The van der Waals surface area contributed by atoms with Crippen LogP contribution in [0.1, 0.15) is 6.42 Å². The number of halogens is 2. The Morgan fingerprint density at radius 2 is 1.86 bits per heavy atom. The lowest BCUT2D eigenvalue weighted by molar-refractivity contribution is -0.116. The molecule has 0 atom stereocenters. The maximum absolute atomic E-state index is 14.4. The summed E-state index contributed by atoms with van der Waals surface area (Å²) in [7, 11) is 0. The van der Waals surface area contributed by atoms with Crippen molar-refractivity contribution in [1.82, 2.24) is 25.0 Å². The molecule has 1 saturated heterocycles. The second-order valence-corrected chi connectivity index (χ2v) is 9.83. The van der Waals surface area contributed by atoms with Crippen LogP contribution in [-0.2, 0) is 4.79 Å². The van der Waals surface area contributed by atoms with Crippen molar-refractivity contribution in [2.45, 2.75) is 11.4 Å². The summed E-state index contributed by atoms with van der Waals surface area (Å²) in [6, 6.07) is 9.55. The Morgan fingerprint density at radius 1 is 1.11 bits per heavy atom. The molecule has 0 spiro atoms. The van der Waals surface area contributed by atoms with Gasteiger partial charge in [-0.2, -0.15) is 0 Å². The van der Waals surface area contributed by atoms with Gasteiger partial charge in [-0.3, -0.25) is 9.69 Å². The minimum Gasteiger partial charge on any atom is -0.353 e. The number of thioether (sulfide) groups is 1. The van der Waals surface area contributed by atoms with E-state index in [0.717, 1.165) is 32.7 Å². The van der Waals surface area contributed by atoms with E-state index in [1.807, 2.05) is 6.26 Å². The molecule has 4 rings (SSSR count). The Labute approximate surface area is 225 Å². The van der Waals surface area contributed by atoms with Gasteiger partial charge in [0.05, 0.1) is 11.4 Å². The van der Waals surface area contributed by atoms with E-state index in [9.17, 15) is 9.18 Å². The van der Waals surface area contributed by atoms with Gasteiger partial charge in [-0.05, 0) is 36.6 Å². The molecule has 12 heteroatoms. The second kappa shape index (κ2) is 13.1. The van der Waals surface area contributed by atoms with Crippen molar-refractivity contribution in [3.8, 4) is 11.3 Å². The van der Waals surface area contributed by atoms with E-state index in [1.165, 1.54) is 30.0 Å². The number of aromatic nitrogens is 3. The zero-order valence-corrected chi connectivity index (χ0v) is 22.2. The van der Waals surface area contributed by atoms with E-state index in [1.54, 1.807) is 24.4 Å². The second-order valence-electron chi connectivity index (χ2n) is 8.60. The first-order chi connectivity index (χ1) is 17.9. The molecule has 1 aromatic carbocycles. The van der Waals surface area contributed by atoms with Gasteiger partial charge in [-0.25, -0.2) is 9.37 Å². The summed E-state index contributed by atoms with van der Waals surface area (Å²) >= 11 is 7.46. The highest BCUT2D eigenvalue weighted by atomic mass is 35.5. The molecule has 9 nitrogen and oxygen atoms in total. The van der Waals surface area contributed by atoms with Gasteiger partial charge in [0.15, 0.2) is 0 Å². The summed E-state index contributed by atoms with van der Waals surface area (Å²) < 4.78 is 14.4. The molecular weight excluding hydrogens is 515 g/mol. The van der Waals surface area contributed by atoms with E-state index in [0.29, 0.717) is 52.4 Å². The Hall–Kier alpha value is -2.83. The van der Waals surface area contributed by atoms with Gasteiger partial charge in [0, 0.05) is 80.8 Å². The number of carbonyl (C=O) groups excluding carboxylic acids is 1. The number of nitrogens with two attached hydrogens (primary N) is 1. The Balaban J connectivity index is 1.39. The van der Waals surface area contributed by atoms with Gasteiger partial charge in [-0.15, -0.1) is 22.0 Å². The average Bonchev–Trinajstić information content (AvgIpc) is 2.90. The van der Waals surface area contributed by atoms with Gasteiger partial charge in [0.2, 0.25) is 5.91 Å². The number of nitrogens with zero attached hydrogens (tertiary/aromatic N) is 5. The molecule has 1 amide bonds. The van der Waals surface area contributed by atoms with E-state index in [2.05, 4.69) is 35.6 Å². The average molecular weight is 545 g/mol. The molecule has 0 aliphatic carbocycles. The number of piperazine rings is 1. The van der Waals surface area contributed by atoms with Gasteiger partial charge in [0.1, 0.15) is 16.7 Å². The van der Waals surface area contributed by atoms with Crippen LogP contribution >= 0.6 is 23.4 Å². The number of carbonyl (C=O) groups is 1. The standard InChI is InChI=1S/C25H30ClFN8OS/c1-37-25-22(16-21(32-33-25)19-14-17(26)2-3-20(19)27)30-18-4-7-29-23(15-18)31-24(36)5-8-34-10-12-35(9-6-28)13-11-34/h2-4,7,14-16H,5-6,8-13,28H2,1H3,(H2,29,30,31,32,36). The molecule has 0 unspecified atom stereocenters. The van der Waals surface area contributed by atoms with E-state index in [4.69, 9.17) is 17.3 Å². The zero-order valence-electron chi connectivity index (χ0n) is 20.6. The normalized spacial score (nSPS) is 14.5. The van der Waals surface area contributed by atoms with Crippen LogP contribution in [0.25, 0.3) is 11.3 Å². The Bertz CT molecular complexity index is 1230. The van der Waals surface area contributed by atoms with Crippen molar-refractivity contribution in [3.05, 3.63) is 53.4 Å². The number of pyridine rings is 1. The number of hydrogen-bond donors (Lipinski definition) is 3. The lowest BCUT2D eigenvalue weighted by Gasteiger charge is -2.34. The van der Waals surface area contributed by atoms with Crippen LogP contribution in [0.15, 0.2) is 47.6 Å². The topological polar surface area (TPSA) is 112 Å². The summed E-state index contributed by atoms with van der Waals surface area (Å²) in [5, 5.41) is 15.6. The summed E-state index contributed by atoms with van der Waals surface area (Å²) in [5.74, 6) is -0.0902. The maximum Gasteiger partial charge on any atom is 0.226 e. The van der Waals surface area contributed by atoms with Crippen LogP contribution in [0, 0.1) is 5.82 Å². The molecule has 3 heterocycles. The number of anilines is 3. The molecule has 1 fully saturated rings. The Morgan fingerprint density at radius 3 is 2.59 bits per heavy atom. The van der Waals surface area contributed by atoms with Crippen LogP contribution in [0.5, 0.6) is 0 Å². The monoisotopic (exact) mass is 544 g/mol. The largest absolute Gasteiger partial charge is 0.353 e. The molecule has 3 aromatic rings. The Kier molecular flexibility index (Phi) is 9.64. The SMILES string of the molecule is CSc1nnc(-c2cc(Cl)ccc2F)cc1Nc1ccnc(NC(=O)CCN2CCN(CCN)CC2)c1. The van der Waals surface area contributed by atoms with Gasteiger partial charge in [-0.1, -0.05) is 11.6 Å². The molecule has 0 bridgehead atoms. The number of hydrogen-bond acceptors (Lipinski definition) is 9. The predicted molar refractivity (Wildman–Crippen MR) is 147 cm³/mol. The van der Waals surface area contributed by atoms with Crippen molar-refractivity contribution in [1.29, 1.82) is 0 Å². The summed E-state index contributed by atoms with van der Waals surface area (Å²) in [4.78, 5) is 21.5. The van der Waals surface area contributed by atoms with Gasteiger partial charge in [0.25, 0.3) is 0 Å². The summed E-state index contributed by atoms with van der Waals surface area (Å²) in [6.45, 7) is 6.10. The fraction of sp³-hybridized carbons (Fsp3) is 0.360. The number of nitrogens with one attached hydrogen (secondary N) is 2. The molecule has 4 N–H and O–H groups in total. The highest BCUT2D eigenvalue weighted by Gasteiger charge is 2.17. The quantitative estimate of drug-likeness (QED) is 0.329. The zero-order chi connectivity index (χ0) is 26.2. The third-order valence-electron chi connectivity index (χ3n) is 6.03. The number of amides is 1. The van der Waals surface area contributed by atoms with Crippen molar-refractivity contribution in [3.63, 3.8) is 0 Å². The fourth-order valence-corrected chi connectivity index (χ4v) is 4.69. The highest BCUT2D eigenvalue weighted by Crippen LogP contribution is 2.31. The van der Waals surface area contributed by atoms with Crippen molar-refractivity contribution >= 4 is 46.5 Å². The number of benzene rings is 1. The van der Waals surface area contributed by atoms with E-state index in [-0.39, 0.29) is 11.5 Å². The molecule has 0 saturated carbocycles. The van der Waals surface area contributed by atoms with E-state index >= 15 is 0 Å². The molecule has 37 heavy (non-hydrogen) atoms. The van der Waals surface area contributed by atoms with Gasteiger partial charge >= 0.3 is 0 Å². The van der Waals surface area contributed by atoms with Crippen molar-refractivity contribution in [2.75, 3.05) is 62.7 Å². The van der Waals surface area contributed by atoms with Gasteiger partial charge < -0.3 is 21.3 Å². The first-order valence-electron chi connectivity index (χ1n) is 12.0. The molecular formula is C25H30ClFN8OS. The first kappa shape index (κ1) is 27.2. The van der Waals surface area contributed by atoms with Crippen molar-refractivity contribution in [2.24, 2.45) is 5.73 Å². The van der Waals surface area contributed by atoms with Crippen LogP contribution < -0.4 is 16.4 Å². The van der Waals surface area contributed by atoms with E-state index < -0.39 is 5.82 Å². The van der Waals surface area contributed by atoms with Crippen LogP contribution in [0.4, 0.5) is 21.6 Å².